The van der Waals surface area contributed by atoms with Crippen molar-refractivity contribution >= 4 is 10.9 Å². The molecule has 34 heavy (non-hydrogen) atoms. The first kappa shape index (κ1) is 24.0. The monoisotopic (exact) mass is 451 g/mol. The SMILES string of the molecule is Cc1cc(CC(c2ccccc2)c2cc(C(C)(C)C)c(O)c(C(C)(C)C)c2)nc2ccccc12. The van der Waals surface area contributed by atoms with E-state index in [-0.39, 0.29) is 16.7 Å². The predicted octanol–water partition coefficient (Wildman–Crippen LogP) is 8.22. The van der Waals surface area contributed by atoms with Crippen molar-refractivity contribution in [1.82, 2.24) is 4.98 Å². The van der Waals surface area contributed by atoms with Crippen LogP contribution in [-0.4, -0.2) is 10.1 Å². The fourth-order valence-electron chi connectivity index (χ4n) is 4.85. The summed E-state index contributed by atoms with van der Waals surface area (Å²) in [4.78, 5) is 5.04. The van der Waals surface area contributed by atoms with Gasteiger partial charge in [-0.1, -0.05) is 102 Å². The summed E-state index contributed by atoms with van der Waals surface area (Å²) in [5.41, 5.74) is 7.54. The lowest BCUT2D eigenvalue weighted by atomic mass is 9.75. The summed E-state index contributed by atoms with van der Waals surface area (Å²) in [5, 5.41) is 12.5. The summed E-state index contributed by atoms with van der Waals surface area (Å²) >= 11 is 0. The highest BCUT2D eigenvalue weighted by Gasteiger charge is 2.29. The van der Waals surface area contributed by atoms with Crippen molar-refractivity contribution in [3.63, 3.8) is 0 Å². The Morgan fingerprint density at radius 2 is 1.29 bits per heavy atom. The van der Waals surface area contributed by atoms with E-state index in [0.29, 0.717) is 5.75 Å². The number of aryl methyl sites for hydroxylation is 1. The summed E-state index contributed by atoms with van der Waals surface area (Å²) in [6.07, 6.45) is 0.799. The van der Waals surface area contributed by atoms with Gasteiger partial charge in [-0.25, -0.2) is 0 Å². The Kier molecular flexibility index (Phi) is 6.29. The number of fused-ring (bicyclic) bond motifs is 1. The Morgan fingerprint density at radius 3 is 1.88 bits per heavy atom. The van der Waals surface area contributed by atoms with Gasteiger partial charge in [0, 0.05) is 23.4 Å². The van der Waals surface area contributed by atoms with Crippen LogP contribution in [0.5, 0.6) is 5.75 Å². The molecule has 1 unspecified atom stereocenters. The number of phenols is 1. The molecule has 2 heteroatoms. The van der Waals surface area contributed by atoms with Crippen LogP contribution in [-0.2, 0) is 17.3 Å². The minimum absolute atomic E-state index is 0.136. The molecule has 2 nitrogen and oxygen atoms in total. The number of phenolic OH excluding ortho intramolecular Hbond substituents is 1. The molecule has 0 saturated carbocycles. The van der Waals surface area contributed by atoms with Gasteiger partial charge in [0.2, 0.25) is 0 Å². The molecule has 0 saturated heterocycles. The lowest BCUT2D eigenvalue weighted by Gasteiger charge is -2.30. The average molecular weight is 452 g/mol. The van der Waals surface area contributed by atoms with E-state index in [1.807, 2.05) is 0 Å². The van der Waals surface area contributed by atoms with E-state index < -0.39 is 0 Å². The number of aromatic hydroxyl groups is 1. The zero-order chi connectivity index (χ0) is 24.7. The van der Waals surface area contributed by atoms with Crippen LogP contribution in [0.15, 0.2) is 72.8 Å². The molecule has 176 valence electrons. The molecule has 0 spiro atoms. The minimum atomic E-state index is -0.168. The number of para-hydroxylation sites is 1. The van der Waals surface area contributed by atoms with Crippen LogP contribution in [0, 0.1) is 6.92 Å². The van der Waals surface area contributed by atoms with E-state index in [4.69, 9.17) is 4.98 Å². The van der Waals surface area contributed by atoms with Gasteiger partial charge in [0.05, 0.1) is 5.52 Å². The van der Waals surface area contributed by atoms with Crippen LogP contribution >= 0.6 is 0 Å². The van der Waals surface area contributed by atoms with Crippen molar-refractivity contribution in [2.75, 3.05) is 0 Å². The maximum atomic E-state index is 11.3. The van der Waals surface area contributed by atoms with Gasteiger partial charge in [0.15, 0.2) is 0 Å². The van der Waals surface area contributed by atoms with Gasteiger partial charge in [0.1, 0.15) is 5.75 Å². The van der Waals surface area contributed by atoms with Crippen molar-refractivity contribution in [3.8, 4) is 5.75 Å². The molecule has 0 amide bonds. The van der Waals surface area contributed by atoms with Crippen molar-refractivity contribution in [2.24, 2.45) is 0 Å². The Bertz CT molecular complexity index is 1270. The van der Waals surface area contributed by atoms with Crippen LogP contribution in [0.2, 0.25) is 0 Å². The first-order chi connectivity index (χ1) is 15.9. The van der Waals surface area contributed by atoms with Gasteiger partial charge in [-0.3, -0.25) is 4.98 Å². The normalized spacial score (nSPS) is 13.3. The molecule has 0 radical (unpaired) electrons. The van der Waals surface area contributed by atoms with E-state index in [1.54, 1.807) is 0 Å². The van der Waals surface area contributed by atoms with Gasteiger partial charge in [-0.05, 0) is 57.7 Å². The lowest BCUT2D eigenvalue weighted by molar-refractivity contribution is 0.422. The highest BCUT2D eigenvalue weighted by Crippen LogP contribution is 2.42. The quantitative estimate of drug-likeness (QED) is 0.339. The van der Waals surface area contributed by atoms with Crippen molar-refractivity contribution in [2.45, 2.75) is 71.6 Å². The predicted molar refractivity (Wildman–Crippen MR) is 144 cm³/mol. The maximum Gasteiger partial charge on any atom is 0.123 e. The minimum Gasteiger partial charge on any atom is -0.507 e. The van der Waals surface area contributed by atoms with Crippen molar-refractivity contribution < 1.29 is 5.11 Å². The van der Waals surface area contributed by atoms with Crippen molar-refractivity contribution in [1.29, 1.82) is 0 Å². The highest BCUT2D eigenvalue weighted by atomic mass is 16.3. The number of aromatic nitrogens is 1. The topological polar surface area (TPSA) is 33.1 Å². The summed E-state index contributed by atoms with van der Waals surface area (Å²) in [7, 11) is 0. The molecule has 4 aromatic rings. The average Bonchev–Trinajstić information content (AvgIpc) is 2.77. The molecule has 1 N–H and O–H groups in total. The third kappa shape index (κ3) is 4.87. The molecule has 1 atom stereocenters. The van der Waals surface area contributed by atoms with Gasteiger partial charge in [-0.2, -0.15) is 0 Å². The van der Waals surface area contributed by atoms with Crippen LogP contribution in [0.4, 0.5) is 0 Å². The number of nitrogens with zero attached hydrogens (tertiary/aromatic N) is 1. The Hall–Kier alpha value is -3.13. The molecule has 0 aliphatic carbocycles. The molecule has 3 aromatic carbocycles. The fourth-order valence-corrected chi connectivity index (χ4v) is 4.85. The molecule has 0 aliphatic heterocycles. The summed E-state index contributed by atoms with van der Waals surface area (Å²) in [6, 6.07) is 25.7. The van der Waals surface area contributed by atoms with E-state index in [0.717, 1.165) is 28.8 Å². The van der Waals surface area contributed by atoms with Crippen LogP contribution in [0.25, 0.3) is 10.9 Å². The summed E-state index contributed by atoms with van der Waals surface area (Å²) in [5.74, 6) is 0.562. The van der Waals surface area contributed by atoms with Crippen LogP contribution in [0.3, 0.4) is 0 Å². The summed E-state index contributed by atoms with van der Waals surface area (Å²) in [6.45, 7) is 15.2. The van der Waals surface area contributed by atoms with Gasteiger partial charge in [-0.15, -0.1) is 0 Å². The van der Waals surface area contributed by atoms with E-state index in [2.05, 4.69) is 121 Å². The van der Waals surface area contributed by atoms with Gasteiger partial charge in [0.25, 0.3) is 0 Å². The molecule has 1 aromatic heterocycles. The number of rotatable bonds is 4. The molecule has 0 fully saturated rings. The second kappa shape index (κ2) is 8.91. The molecule has 0 bridgehead atoms. The molecule has 0 aliphatic rings. The number of pyridine rings is 1. The Morgan fingerprint density at radius 1 is 0.735 bits per heavy atom. The first-order valence-corrected chi connectivity index (χ1v) is 12.2. The molecule has 4 rings (SSSR count). The first-order valence-electron chi connectivity index (χ1n) is 12.2. The third-order valence-corrected chi connectivity index (χ3v) is 6.74. The fraction of sp³-hybridized carbons (Fsp3) is 0.344. The largest absolute Gasteiger partial charge is 0.507 e. The number of hydrogen-bond donors (Lipinski definition) is 1. The standard InChI is InChI=1S/C32H37NO/c1-21-17-24(33-29-16-12-11-15-25(21)29)20-26(22-13-9-8-10-14-22)23-18-27(31(2,3)4)30(34)28(19-23)32(5,6)7/h8-19,26,34H,20H2,1-7H3. The Labute approximate surface area is 204 Å². The maximum absolute atomic E-state index is 11.3. The van der Waals surface area contributed by atoms with Crippen LogP contribution in [0.1, 0.15) is 81.0 Å². The smallest absolute Gasteiger partial charge is 0.123 e. The van der Waals surface area contributed by atoms with Crippen LogP contribution < -0.4 is 0 Å². The lowest BCUT2D eigenvalue weighted by Crippen LogP contribution is -2.19. The number of hydrogen-bond acceptors (Lipinski definition) is 2. The zero-order valence-corrected chi connectivity index (χ0v) is 21.6. The molecular weight excluding hydrogens is 414 g/mol. The molecular formula is C32H37NO. The second-order valence-corrected chi connectivity index (χ2v) is 11.6. The van der Waals surface area contributed by atoms with Crippen molar-refractivity contribution in [3.05, 3.63) is 106 Å². The molecule has 1 heterocycles. The van der Waals surface area contributed by atoms with Gasteiger partial charge >= 0.3 is 0 Å². The van der Waals surface area contributed by atoms with E-state index in [9.17, 15) is 5.11 Å². The third-order valence-electron chi connectivity index (χ3n) is 6.74. The van der Waals surface area contributed by atoms with Gasteiger partial charge < -0.3 is 5.11 Å². The highest BCUT2D eigenvalue weighted by molar-refractivity contribution is 5.82. The second-order valence-electron chi connectivity index (χ2n) is 11.6. The number of benzene rings is 3. The zero-order valence-electron chi connectivity index (χ0n) is 21.6. The van der Waals surface area contributed by atoms with E-state index >= 15 is 0 Å². The Balaban J connectivity index is 1.91. The summed E-state index contributed by atoms with van der Waals surface area (Å²) < 4.78 is 0. The van der Waals surface area contributed by atoms with E-state index in [1.165, 1.54) is 22.1 Å².